The predicted molar refractivity (Wildman–Crippen MR) is 78.2 cm³/mol. The third-order valence-corrected chi connectivity index (χ3v) is 4.16. The first kappa shape index (κ1) is 16.4. The van der Waals surface area contributed by atoms with Crippen LogP contribution in [0.4, 0.5) is 0 Å². The van der Waals surface area contributed by atoms with Crippen molar-refractivity contribution >= 4 is 5.97 Å². The molecule has 0 saturated heterocycles. The van der Waals surface area contributed by atoms with Gasteiger partial charge in [-0.15, -0.1) is 0 Å². The predicted octanol–water partition coefficient (Wildman–Crippen LogP) is 2.18. The van der Waals surface area contributed by atoms with Crippen molar-refractivity contribution in [3.63, 3.8) is 0 Å². The highest BCUT2D eigenvalue weighted by Crippen LogP contribution is 2.23. The molecule has 1 fully saturated rings. The van der Waals surface area contributed by atoms with E-state index in [-0.39, 0.29) is 5.97 Å². The number of hydrogen-bond donors (Lipinski definition) is 1. The van der Waals surface area contributed by atoms with Gasteiger partial charge in [-0.1, -0.05) is 26.2 Å². The van der Waals surface area contributed by atoms with Crippen LogP contribution < -0.4 is 5.32 Å². The third kappa shape index (κ3) is 4.77. The van der Waals surface area contributed by atoms with Gasteiger partial charge in [-0.3, -0.25) is 4.79 Å². The topological polar surface area (TPSA) is 41.6 Å². The van der Waals surface area contributed by atoms with Crippen molar-refractivity contribution in [1.82, 2.24) is 10.2 Å². The number of carbonyl (C=O) groups excluding carboxylic acids is 1. The molecule has 0 aromatic heterocycles. The van der Waals surface area contributed by atoms with Crippen LogP contribution in [0.1, 0.15) is 52.4 Å². The Bertz CT molecular complexity index is 277. The number of carbonyl (C=O) groups is 1. The van der Waals surface area contributed by atoms with Crippen molar-refractivity contribution in [2.24, 2.45) is 0 Å². The molecule has 1 unspecified atom stereocenters. The van der Waals surface area contributed by atoms with Gasteiger partial charge in [0.1, 0.15) is 5.54 Å². The van der Waals surface area contributed by atoms with E-state index in [0.717, 1.165) is 13.0 Å². The summed E-state index contributed by atoms with van der Waals surface area (Å²) in [6.45, 7) is 5.61. The molecule has 4 heteroatoms. The number of ether oxygens (including phenoxy) is 1. The Balaban J connectivity index is 2.61. The fourth-order valence-electron chi connectivity index (χ4n) is 2.97. The first-order valence-corrected chi connectivity index (χ1v) is 7.57. The SMILES string of the molecule is CCCNC(C)(CN(C)C1CCCCC1)C(=O)OC. The molecule has 1 N–H and O–H groups in total. The number of esters is 1. The van der Waals surface area contributed by atoms with Gasteiger partial charge in [-0.25, -0.2) is 0 Å². The summed E-state index contributed by atoms with van der Waals surface area (Å²) in [5.74, 6) is -0.163. The van der Waals surface area contributed by atoms with Crippen LogP contribution >= 0.6 is 0 Å². The van der Waals surface area contributed by atoms with Crippen molar-refractivity contribution in [2.75, 3.05) is 27.2 Å². The molecule has 1 aliphatic rings. The molecule has 112 valence electrons. The number of likely N-dealkylation sites (N-methyl/N-ethyl adjacent to an activating group) is 1. The largest absolute Gasteiger partial charge is 0.468 e. The average Bonchev–Trinajstić information content (AvgIpc) is 2.45. The Kier molecular flexibility index (Phi) is 6.80. The second-order valence-electron chi connectivity index (χ2n) is 5.96. The lowest BCUT2D eigenvalue weighted by atomic mass is 9.92. The average molecular weight is 270 g/mol. The molecule has 0 aromatic rings. The monoisotopic (exact) mass is 270 g/mol. The summed E-state index contributed by atoms with van der Waals surface area (Å²) in [6, 6.07) is 0.612. The van der Waals surface area contributed by atoms with Gasteiger partial charge >= 0.3 is 5.97 Å². The number of nitrogens with one attached hydrogen (secondary N) is 1. The summed E-state index contributed by atoms with van der Waals surface area (Å²) in [5, 5.41) is 3.35. The van der Waals surface area contributed by atoms with Gasteiger partial charge in [0.05, 0.1) is 7.11 Å². The van der Waals surface area contributed by atoms with Crippen LogP contribution in [0.5, 0.6) is 0 Å². The zero-order valence-electron chi connectivity index (χ0n) is 13.0. The fourth-order valence-corrected chi connectivity index (χ4v) is 2.97. The lowest BCUT2D eigenvalue weighted by Gasteiger charge is -2.37. The van der Waals surface area contributed by atoms with Crippen LogP contribution in [0.15, 0.2) is 0 Å². The smallest absolute Gasteiger partial charge is 0.327 e. The lowest BCUT2D eigenvalue weighted by molar-refractivity contribution is -0.149. The van der Waals surface area contributed by atoms with E-state index in [1.165, 1.54) is 39.2 Å². The van der Waals surface area contributed by atoms with Crippen LogP contribution in [-0.2, 0) is 9.53 Å². The number of rotatable bonds is 7. The molecule has 0 bridgehead atoms. The van der Waals surface area contributed by atoms with E-state index in [1.54, 1.807) is 0 Å². The lowest BCUT2D eigenvalue weighted by Crippen LogP contribution is -2.58. The van der Waals surface area contributed by atoms with Crippen LogP contribution in [-0.4, -0.2) is 49.7 Å². The van der Waals surface area contributed by atoms with E-state index in [1.807, 2.05) is 6.92 Å². The van der Waals surface area contributed by atoms with Crippen molar-refractivity contribution in [1.29, 1.82) is 0 Å². The summed E-state index contributed by atoms with van der Waals surface area (Å²) in [6.07, 6.45) is 7.49. The molecule has 0 aliphatic heterocycles. The highest BCUT2D eigenvalue weighted by molar-refractivity contribution is 5.80. The van der Waals surface area contributed by atoms with Crippen LogP contribution in [0.25, 0.3) is 0 Å². The van der Waals surface area contributed by atoms with E-state index in [4.69, 9.17) is 4.74 Å². The maximum Gasteiger partial charge on any atom is 0.327 e. The molecule has 1 saturated carbocycles. The maximum atomic E-state index is 12.0. The summed E-state index contributed by atoms with van der Waals surface area (Å²) in [4.78, 5) is 14.4. The third-order valence-electron chi connectivity index (χ3n) is 4.16. The molecule has 1 aliphatic carbocycles. The van der Waals surface area contributed by atoms with Gasteiger partial charge in [0.25, 0.3) is 0 Å². The quantitative estimate of drug-likeness (QED) is 0.720. The summed E-state index contributed by atoms with van der Waals surface area (Å²) in [5.41, 5.74) is -0.600. The first-order valence-electron chi connectivity index (χ1n) is 7.57. The van der Waals surface area contributed by atoms with Crippen LogP contribution in [0.3, 0.4) is 0 Å². The maximum absolute atomic E-state index is 12.0. The minimum atomic E-state index is -0.600. The number of hydrogen-bond acceptors (Lipinski definition) is 4. The molecule has 1 atom stereocenters. The molecule has 19 heavy (non-hydrogen) atoms. The molecule has 0 aromatic carbocycles. The molecule has 0 heterocycles. The van der Waals surface area contributed by atoms with Crippen LogP contribution in [0.2, 0.25) is 0 Å². The Morgan fingerprint density at radius 2 is 2.00 bits per heavy atom. The molecule has 0 amide bonds. The minimum absolute atomic E-state index is 0.163. The Labute approximate surface area is 117 Å². The summed E-state index contributed by atoms with van der Waals surface area (Å²) in [7, 11) is 3.60. The second-order valence-corrected chi connectivity index (χ2v) is 5.96. The van der Waals surface area contributed by atoms with Crippen molar-refractivity contribution in [3.8, 4) is 0 Å². The van der Waals surface area contributed by atoms with E-state index in [9.17, 15) is 4.79 Å². The standard InChI is InChI=1S/C15H30N2O2/c1-5-11-16-15(2,14(18)19-4)12-17(3)13-9-7-6-8-10-13/h13,16H,5-12H2,1-4H3. The molecule has 0 radical (unpaired) electrons. The van der Waals surface area contributed by atoms with Crippen molar-refractivity contribution in [2.45, 2.75) is 64.0 Å². The second kappa shape index (κ2) is 7.85. The Morgan fingerprint density at radius 3 is 2.53 bits per heavy atom. The highest BCUT2D eigenvalue weighted by Gasteiger charge is 2.36. The number of nitrogens with zero attached hydrogens (tertiary/aromatic N) is 1. The Morgan fingerprint density at radius 1 is 1.37 bits per heavy atom. The first-order chi connectivity index (χ1) is 9.03. The van der Waals surface area contributed by atoms with Crippen molar-refractivity contribution in [3.05, 3.63) is 0 Å². The molecule has 4 nitrogen and oxygen atoms in total. The van der Waals surface area contributed by atoms with Crippen LogP contribution in [0, 0.1) is 0 Å². The van der Waals surface area contributed by atoms with E-state index < -0.39 is 5.54 Å². The van der Waals surface area contributed by atoms with E-state index in [2.05, 4.69) is 24.2 Å². The van der Waals surface area contributed by atoms with Gasteiger partial charge < -0.3 is 15.0 Å². The van der Waals surface area contributed by atoms with Gasteiger partial charge in [0.15, 0.2) is 0 Å². The molecule has 1 rings (SSSR count). The fraction of sp³-hybridized carbons (Fsp3) is 0.933. The zero-order chi connectivity index (χ0) is 14.3. The molecular weight excluding hydrogens is 240 g/mol. The minimum Gasteiger partial charge on any atom is -0.468 e. The van der Waals surface area contributed by atoms with Gasteiger partial charge in [0.2, 0.25) is 0 Å². The van der Waals surface area contributed by atoms with Gasteiger partial charge in [-0.2, -0.15) is 0 Å². The molecular formula is C15H30N2O2. The highest BCUT2D eigenvalue weighted by atomic mass is 16.5. The van der Waals surface area contributed by atoms with Crippen molar-refractivity contribution < 1.29 is 9.53 Å². The summed E-state index contributed by atoms with van der Waals surface area (Å²) < 4.78 is 4.97. The molecule has 0 spiro atoms. The van der Waals surface area contributed by atoms with E-state index in [0.29, 0.717) is 12.6 Å². The van der Waals surface area contributed by atoms with E-state index >= 15 is 0 Å². The van der Waals surface area contributed by atoms with Gasteiger partial charge in [0, 0.05) is 12.6 Å². The van der Waals surface area contributed by atoms with Gasteiger partial charge in [-0.05, 0) is 39.8 Å². The summed E-state index contributed by atoms with van der Waals surface area (Å²) >= 11 is 0. The normalized spacial score (nSPS) is 20.3. The number of methoxy groups -OCH3 is 1. The Hall–Kier alpha value is -0.610. The zero-order valence-corrected chi connectivity index (χ0v) is 13.0.